The van der Waals surface area contributed by atoms with Crippen molar-refractivity contribution in [1.29, 1.82) is 0 Å². The standard InChI is InChI=1S/C19H16N2O4S/c1-11-3-5-12(6-4-11)15(22)10-16(23)18(24)21-19-20-14-8-7-13(25-2)9-17(14)26-19/h3-10,22H,1-2H3,(H,20,21,24)/b15-10-. The first-order chi connectivity index (χ1) is 12.5. The van der Waals surface area contributed by atoms with Crippen molar-refractivity contribution in [3.05, 3.63) is 59.7 Å². The van der Waals surface area contributed by atoms with E-state index in [1.54, 1.807) is 49.6 Å². The number of ether oxygens (including phenoxy) is 1. The molecule has 0 saturated heterocycles. The predicted molar refractivity (Wildman–Crippen MR) is 102 cm³/mol. The number of aryl methyl sites for hydroxylation is 1. The summed E-state index contributed by atoms with van der Waals surface area (Å²) in [5.41, 5.74) is 2.18. The number of aliphatic hydroxyl groups excluding tert-OH is 1. The molecule has 2 N–H and O–H groups in total. The van der Waals surface area contributed by atoms with Crippen LogP contribution in [0.1, 0.15) is 11.1 Å². The van der Waals surface area contributed by atoms with E-state index < -0.39 is 11.7 Å². The number of fused-ring (bicyclic) bond motifs is 1. The van der Waals surface area contributed by atoms with E-state index in [9.17, 15) is 14.7 Å². The molecule has 1 amide bonds. The number of methoxy groups -OCH3 is 1. The van der Waals surface area contributed by atoms with Crippen molar-refractivity contribution in [1.82, 2.24) is 4.98 Å². The summed E-state index contributed by atoms with van der Waals surface area (Å²) in [7, 11) is 1.57. The monoisotopic (exact) mass is 368 g/mol. The van der Waals surface area contributed by atoms with Crippen LogP contribution in [0.5, 0.6) is 5.75 Å². The van der Waals surface area contributed by atoms with Gasteiger partial charge in [0, 0.05) is 11.6 Å². The molecule has 7 heteroatoms. The molecule has 3 rings (SSSR count). The van der Waals surface area contributed by atoms with Crippen molar-refractivity contribution in [2.45, 2.75) is 6.92 Å². The molecular weight excluding hydrogens is 352 g/mol. The lowest BCUT2D eigenvalue weighted by Crippen LogP contribution is -2.21. The number of nitrogens with one attached hydrogen (secondary N) is 1. The van der Waals surface area contributed by atoms with E-state index in [4.69, 9.17) is 4.74 Å². The first-order valence-electron chi connectivity index (χ1n) is 7.74. The normalized spacial score (nSPS) is 11.4. The summed E-state index contributed by atoms with van der Waals surface area (Å²) < 4.78 is 5.97. The lowest BCUT2D eigenvalue weighted by atomic mass is 10.1. The van der Waals surface area contributed by atoms with Crippen molar-refractivity contribution in [3.8, 4) is 5.75 Å². The van der Waals surface area contributed by atoms with Crippen molar-refractivity contribution in [2.75, 3.05) is 12.4 Å². The van der Waals surface area contributed by atoms with Crippen LogP contribution in [0.25, 0.3) is 16.0 Å². The van der Waals surface area contributed by atoms with E-state index in [1.165, 1.54) is 11.3 Å². The number of hydrogen-bond donors (Lipinski definition) is 2. The minimum absolute atomic E-state index is 0.265. The lowest BCUT2D eigenvalue weighted by Gasteiger charge is -2.01. The van der Waals surface area contributed by atoms with E-state index in [0.717, 1.165) is 16.3 Å². The van der Waals surface area contributed by atoms with Gasteiger partial charge in [-0.3, -0.25) is 14.9 Å². The third-order valence-electron chi connectivity index (χ3n) is 3.66. The Kier molecular flexibility index (Phi) is 4.99. The van der Waals surface area contributed by atoms with Crippen LogP contribution in [-0.4, -0.2) is 28.9 Å². The van der Waals surface area contributed by atoms with Gasteiger partial charge in [0.05, 0.1) is 17.3 Å². The molecule has 1 heterocycles. The van der Waals surface area contributed by atoms with Gasteiger partial charge in [-0.1, -0.05) is 41.2 Å². The van der Waals surface area contributed by atoms with Gasteiger partial charge in [-0.2, -0.15) is 0 Å². The zero-order valence-corrected chi connectivity index (χ0v) is 15.0. The molecule has 0 saturated carbocycles. The van der Waals surface area contributed by atoms with Crippen LogP contribution in [-0.2, 0) is 9.59 Å². The number of hydrogen-bond acceptors (Lipinski definition) is 6. The lowest BCUT2D eigenvalue weighted by molar-refractivity contribution is -0.131. The van der Waals surface area contributed by atoms with E-state index in [0.29, 0.717) is 22.0 Å². The molecule has 6 nitrogen and oxygen atoms in total. The Balaban J connectivity index is 1.73. The number of nitrogens with zero attached hydrogens (tertiary/aromatic N) is 1. The third-order valence-corrected chi connectivity index (χ3v) is 4.59. The molecule has 0 bridgehead atoms. The number of anilines is 1. The van der Waals surface area contributed by atoms with Gasteiger partial charge in [0.15, 0.2) is 5.13 Å². The molecule has 0 atom stereocenters. The second kappa shape index (κ2) is 7.37. The van der Waals surface area contributed by atoms with Gasteiger partial charge in [0.25, 0.3) is 5.91 Å². The first kappa shape index (κ1) is 17.6. The van der Waals surface area contributed by atoms with Gasteiger partial charge in [-0.25, -0.2) is 4.98 Å². The molecule has 2 aromatic carbocycles. The number of ketones is 1. The van der Waals surface area contributed by atoms with E-state index in [-0.39, 0.29) is 5.76 Å². The Bertz CT molecular complexity index is 1010. The smallest absolute Gasteiger partial charge is 0.298 e. The molecule has 3 aromatic rings. The van der Waals surface area contributed by atoms with Gasteiger partial charge in [-0.15, -0.1) is 0 Å². The summed E-state index contributed by atoms with van der Waals surface area (Å²) in [6, 6.07) is 12.3. The number of aliphatic hydroxyl groups is 1. The van der Waals surface area contributed by atoms with Crippen LogP contribution < -0.4 is 10.1 Å². The van der Waals surface area contributed by atoms with Crippen molar-refractivity contribution in [3.63, 3.8) is 0 Å². The Morgan fingerprint density at radius 2 is 1.92 bits per heavy atom. The molecule has 1 aromatic heterocycles. The Morgan fingerprint density at radius 3 is 2.62 bits per heavy atom. The van der Waals surface area contributed by atoms with Crippen molar-refractivity contribution < 1.29 is 19.4 Å². The maximum atomic E-state index is 12.1. The minimum atomic E-state index is -0.866. The fraction of sp³-hybridized carbons (Fsp3) is 0.105. The van der Waals surface area contributed by atoms with Crippen LogP contribution >= 0.6 is 11.3 Å². The molecule has 0 unspecified atom stereocenters. The molecule has 0 fully saturated rings. The third kappa shape index (κ3) is 3.89. The number of amides is 1. The summed E-state index contributed by atoms with van der Waals surface area (Å²) >= 11 is 1.23. The number of aromatic nitrogens is 1. The molecule has 0 aliphatic carbocycles. The maximum Gasteiger partial charge on any atom is 0.298 e. The Labute approximate surface area is 153 Å². The van der Waals surface area contributed by atoms with Crippen LogP contribution in [0.4, 0.5) is 5.13 Å². The highest BCUT2D eigenvalue weighted by atomic mass is 32.1. The number of rotatable bonds is 5. The molecule has 0 aliphatic rings. The second-order valence-electron chi connectivity index (χ2n) is 5.57. The van der Waals surface area contributed by atoms with Crippen LogP contribution in [0.2, 0.25) is 0 Å². The highest BCUT2D eigenvalue weighted by Crippen LogP contribution is 2.29. The van der Waals surface area contributed by atoms with Gasteiger partial charge in [0.2, 0.25) is 5.78 Å². The molecule has 26 heavy (non-hydrogen) atoms. The highest BCUT2D eigenvalue weighted by molar-refractivity contribution is 7.22. The van der Waals surface area contributed by atoms with Crippen molar-refractivity contribution in [2.24, 2.45) is 0 Å². The van der Waals surface area contributed by atoms with Crippen LogP contribution in [0.3, 0.4) is 0 Å². The fourth-order valence-corrected chi connectivity index (χ4v) is 3.13. The second-order valence-corrected chi connectivity index (χ2v) is 6.60. The zero-order valence-electron chi connectivity index (χ0n) is 14.1. The average molecular weight is 368 g/mol. The van der Waals surface area contributed by atoms with E-state index >= 15 is 0 Å². The Morgan fingerprint density at radius 1 is 1.19 bits per heavy atom. The molecule has 0 radical (unpaired) electrons. The number of benzene rings is 2. The first-order valence-corrected chi connectivity index (χ1v) is 8.55. The topological polar surface area (TPSA) is 88.5 Å². The molecule has 132 valence electrons. The quantitative estimate of drug-likeness (QED) is 0.407. The number of thiazole rings is 1. The van der Waals surface area contributed by atoms with E-state index in [1.807, 2.05) is 6.92 Å². The SMILES string of the molecule is COc1ccc2nc(NC(=O)C(=O)/C=C(\O)c3ccc(C)cc3)sc2c1. The Hall–Kier alpha value is -3.19. The number of carbonyl (C=O) groups excluding carboxylic acids is 2. The largest absolute Gasteiger partial charge is 0.507 e. The molecule has 0 aliphatic heterocycles. The summed E-state index contributed by atoms with van der Waals surface area (Å²) in [4.78, 5) is 28.3. The molecular formula is C19H16N2O4S. The van der Waals surface area contributed by atoms with Crippen LogP contribution in [0.15, 0.2) is 48.5 Å². The predicted octanol–water partition coefficient (Wildman–Crippen LogP) is 3.72. The summed E-state index contributed by atoms with van der Waals surface area (Å²) in [6.07, 6.45) is 0.899. The average Bonchev–Trinajstić information content (AvgIpc) is 3.03. The van der Waals surface area contributed by atoms with Gasteiger partial charge < -0.3 is 9.84 Å². The van der Waals surface area contributed by atoms with Gasteiger partial charge >= 0.3 is 0 Å². The van der Waals surface area contributed by atoms with E-state index in [2.05, 4.69) is 10.3 Å². The highest BCUT2D eigenvalue weighted by Gasteiger charge is 2.15. The zero-order chi connectivity index (χ0) is 18.7. The number of carbonyl (C=O) groups is 2. The van der Waals surface area contributed by atoms with Gasteiger partial charge in [-0.05, 0) is 25.1 Å². The summed E-state index contributed by atoms with van der Waals surface area (Å²) in [6.45, 7) is 1.91. The van der Waals surface area contributed by atoms with Crippen LogP contribution in [0, 0.1) is 6.92 Å². The van der Waals surface area contributed by atoms with Crippen molar-refractivity contribution >= 4 is 44.1 Å². The summed E-state index contributed by atoms with van der Waals surface area (Å²) in [5.74, 6) is -1.31. The minimum Gasteiger partial charge on any atom is -0.507 e. The maximum absolute atomic E-state index is 12.1. The van der Waals surface area contributed by atoms with Gasteiger partial charge in [0.1, 0.15) is 11.5 Å². The molecule has 0 spiro atoms. The summed E-state index contributed by atoms with van der Waals surface area (Å²) in [5, 5.41) is 12.8. The fourth-order valence-electron chi connectivity index (χ4n) is 2.24.